The molecule has 9 heteroatoms. The first-order valence-electron chi connectivity index (χ1n) is 16.8. The quantitative estimate of drug-likeness (QED) is 0.265. The molecule has 0 bridgehead atoms. The van der Waals surface area contributed by atoms with Crippen molar-refractivity contribution in [2.45, 2.75) is 62.0 Å². The number of para-hydroxylation sites is 1. The minimum absolute atomic E-state index is 0.0704. The number of fused-ring (bicyclic) bond motifs is 2. The van der Waals surface area contributed by atoms with E-state index in [4.69, 9.17) is 0 Å². The fourth-order valence-electron chi connectivity index (χ4n) is 8.01. The van der Waals surface area contributed by atoms with Gasteiger partial charge >= 0.3 is 0 Å². The number of likely N-dealkylation sites (tertiary alicyclic amines) is 1. The van der Waals surface area contributed by atoms with Gasteiger partial charge < -0.3 is 24.7 Å². The summed E-state index contributed by atoms with van der Waals surface area (Å²) >= 11 is 1.62. The van der Waals surface area contributed by atoms with Crippen molar-refractivity contribution in [1.82, 2.24) is 4.90 Å². The third-order valence-electron chi connectivity index (χ3n) is 10.2. The van der Waals surface area contributed by atoms with Gasteiger partial charge in [-0.3, -0.25) is 14.4 Å². The second-order valence-corrected chi connectivity index (χ2v) is 14.7. The summed E-state index contributed by atoms with van der Waals surface area (Å²) in [6.45, 7) is 9.54. The Balaban J connectivity index is 1.39. The van der Waals surface area contributed by atoms with Crippen molar-refractivity contribution in [1.29, 1.82) is 0 Å². The van der Waals surface area contributed by atoms with E-state index in [2.05, 4.69) is 50.0 Å². The topological polar surface area (TPSA) is 84.4 Å². The number of nitrogens with zero attached hydrogens (tertiary/aromatic N) is 4. The standard InChI is InChI=1S/C37H46N4O4S/c1-4-38(5-2)27-17-19-29(20-18-27)40-25-14-22-37-31(34(44)41(32(37)35(40)45)23-11-6-7-12-26-42)30-33(43)39(28-15-9-8-10-16-28)24-13-21-36(30,3)46-37/h8-10,13-22,30-32,42H,4-7,11-12,23-26H2,1-3H3/t30-,31-,32?,36+,37-/m0/s1. The average molecular weight is 643 g/mol. The lowest BCUT2D eigenvalue weighted by molar-refractivity contribution is -0.139. The normalized spacial score (nSPS) is 28.7. The molecule has 1 unspecified atom stereocenters. The molecule has 244 valence electrons. The maximum atomic E-state index is 14.9. The van der Waals surface area contributed by atoms with E-state index in [1.165, 1.54) is 0 Å². The number of benzene rings is 2. The van der Waals surface area contributed by atoms with Gasteiger partial charge in [0.2, 0.25) is 11.8 Å². The molecule has 4 aliphatic heterocycles. The van der Waals surface area contributed by atoms with Crippen LogP contribution in [0, 0.1) is 11.8 Å². The summed E-state index contributed by atoms with van der Waals surface area (Å²) in [5.74, 6) is -1.57. The Hall–Kier alpha value is -3.56. The molecule has 0 aromatic heterocycles. The summed E-state index contributed by atoms with van der Waals surface area (Å²) in [5.41, 5.74) is 2.72. The van der Waals surface area contributed by atoms with Crippen molar-refractivity contribution in [3.05, 3.63) is 78.9 Å². The number of hydrogen-bond donors (Lipinski definition) is 1. The van der Waals surface area contributed by atoms with Gasteiger partial charge in [-0.25, -0.2) is 0 Å². The molecule has 1 spiro atoms. The molecule has 2 aromatic rings. The van der Waals surface area contributed by atoms with Gasteiger partial charge in [0.1, 0.15) is 6.04 Å². The number of unbranched alkanes of at least 4 members (excludes halogenated alkanes) is 3. The predicted molar refractivity (Wildman–Crippen MR) is 186 cm³/mol. The third kappa shape index (κ3) is 5.45. The maximum absolute atomic E-state index is 14.9. The van der Waals surface area contributed by atoms with Crippen LogP contribution in [0.2, 0.25) is 0 Å². The average Bonchev–Trinajstić information content (AvgIpc) is 3.32. The van der Waals surface area contributed by atoms with Gasteiger partial charge in [-0.1, -0.05) is 55.3 Å². The first-order valence-corrected chi connectivity index (χ1v) is 17.6. The van der Waals surface area contributed by atoms with Gasteiger partial charge in [-0.15, -0.1) is 11.8 Å². The second-order valence-electron chi connectivity index (χ2n) is 12.9. The molecule has 5 atom stereocenters. The molecule has 2 fully saturated rings. The van der Waals surface area contributed by atoms with Gasteiger partial charge in [-0.2, -0.15) is 0 Å². The van der Waals surface area contributed by atoms with Gasteiger partial charge in [0.05, 0.1) is 16.6 Å². The molecule has 46 heavy (non-hydrogen) atoms. The molecule has 0 radical (unpaired) electrons. The Kier molecular flexibility index (Phi) is 9.35. The third-order valence-corrected chi connectivity index (χ3v) is 12.0. The van der Waals surface area contributed by atoms with E-state index in [0.717, 1.165) is 55.8 Å². The summed E-state index contributed by atoms with van der Waals surface area (Å²) in [6.07, 6.45) is 11.4. The molecule has 0 aliphatic carbocycles. The van der Waals surface area contributed by atoms with Crippen molar-refractivity contribution in [3.8, 4) is 0 Å². The van der Waals surface area contributed by atoms with Crippen LogP contribution in [0.25, 0.3) is 0 Å². The highest BCUT2D eigenvalue weighted by Gasteiger charge is 2.74. The summed E-state index contributed by atoms with van der Waals surface area (Å²) in [7, 11) is 0. The Morgan fingerprint density at radius 1 is 0.783 bits per heavy atom. The number of carbonyl (C=O) groups excluding carboxylic acids is 3. The molecule has 1 N–H and O–H groups in total. The predicted octanol–water partition coefficient (Wildman–Crippen LogP) is 5.28. The van der Waals surface area contributed by atoms with Crippen LogP contribution < -0.4 is 14.7 Å². The lowest BCUT2D eigenvalue weighted by Crippen LogP contribution is -2.53. The van der Waals surface area contributed by atoms with Crippen LogP contribution in [0.1, 0.15) is 46.5 Å². The Morgan fingerprint density at radius 3 is 2.09 bits per heavy atom. The lowest BCUT2D eigenvalue weighted by atomic mass is 9.74. The van der Waals surface area contributed by atoms with E-state index < -0.39 is 27.4 Å². The van der Waals surface area contributed by atoms with Gasteiger partial charge in [-0.05, 0) is 70.0 Å². The van der Waals surface area contributed by atoms with Crippen molar-refractivity contribution in [3.63, 3.8) is 0 Å². The highest BCUT2D eigenvalue weighted by molar-refractivity contribution is 8.02. The molecular weight excluding hydrogens is 596 g/mol. The smallest absolute Gasteiger partial charge is 0.251 e. The van der Waals surface area contributed by atoms with Crippen molar-refractivity contribution >= 4 is 46.5 Å². The molecular formula is C37H46N4O4S. The Labute approximate surface area is 277 Å². The number of amides is 3. The van der Waals surface area contributed by atoms with Crippen molar-refractivity contribution in [2.75, 3.05) is 54.0 Å². The number of rotatable bonds is 11. The van der Waals surface area contributed by atoms with Crippen LogP contribution in [-0.2, 0) is 14.4 Å². The van der Waals surface area contributed by atoms with Crippen molar-refractivity contribution < 1.29 is 19.5 Å². The minimum Gasteiger partial charge on any atom is -0.396 e. The molecule has 4 heterocycles. The number of aliphatic hydroxyl groups excluding tert-OH is 1. The Morgan fingerprint density at radius 2 is 1.41 bits per heavy atom. The summed E-state index contributed by atoms with van der Waals surface area (Å²) in [6, 6.07) is 17.0. The zero-order valence-corrected chi connectivity index (χ0v) is 28.0. The van der Waals surface area contributed by atoms with E-state index in [9.17, 15) is 19.5 Å². The van der Waals surface area contributed by atoms with Crippen LogP contribution in [-0.4, -0.2) is 82.6 Å². The van der Waals surface area contributed by atoms with Crippen LogP contribution in [0.4, 0.5) is 17.1 Å². The van der Waals surface area contributed by atoms with E-state index in [-0.39, 0.29) is 24.3 Å². The Bertz CT molecular complexity index is 1490. The zero-order valence-electron chi connectivity index (χ0n) is 27.2. The van der Waals surface area contributed by atoms with E-state index in [1.807, 2.05) is 54.6 Å². The summed E-state index contributed by atoms with van der Waals surface area (Å²) in [4.78, 5) is 51.8. The number of aliphatic hydroxyl groups is 1. The first kappa shape index (κ1) is 32.4. The zero-order chi connectivity index (χ0) is 32.5. The minimum atomic E-state index is -0.881. The molecule has 6 rings (SSSR count). The molecule has 0 saturated carbocycles. The van der Waals surface area contributed by atoms with E-state index in [0.29, 0.717) is 19.6 Å². The summed E-state index contributed by atoms with van der Waals surface area (Å²) in [5, 5.41) is 9.28. The SMILES string of the molecule is CCN(CC)c1ccc(N2CC=C[C@]34S[C@]5(C)C=CCN(c6ccccc6)C(=O)[C@@H]5[C@H]3C(=O)N(CCCCCCO)C4C2=O)cc1. The maximum Gasteiger partial charge on any atom is 0.251 e. The number of anilines is 3. The molecule has 2 saturated heterocycles. The lowest BCUT2D eigenvalue weighted by Gasteiger charge is -2.37. The van der Waals surface area contributed by atoms with Crippen LogP contribution in [0.5, 0.6) is 0 Å². The molecule has 4 aliphatic rings. The number of thioether (sulfide) groups is 1. The van der Waals surface area contributed by atoms with Gasteiger partial charge in [0.15, 0.2) is 0 Å². The first-order chi connectivity index (χ1) is 22.3. The fraction of sp³-hybridized carbons (Fsp3) is 0.486. The van der Waals surface area contributed by atoms with Crippen LogP contribution in [0.15, 0.2) is 78.9 Å². The monoisotopic (exact) mass is 642 g/mol. The van der Waals surface area contributed by atoms with Crippen molar-refractivity contribution in [2.24, 2.45) is 11.8 Å². The summed E-state index contributed by atoms with van der Waals surface area (Å²) < 4.78 is -1.54. The largest absolute Gasteiger partial charge is 0.396 e. The van der Waals surface area contributed by atoms with Gasteiger partial charge in [0.25, 0.3) is 5.91 Å². The second kappa shape index (κ2) is 13.3. The molecule has 3 amide bonds. The van der Waals surface area contributed by atoms with Crippen LogP contribution in [0.3, 0.4) is 0 Å². The highest BCUT2D eigenvalue weighted by Crippen LogP contribution is 2.65. The molecule has 8 nitrogen and oxygen atoms in total. The van der Waals surface area contributed by atoms with Gasteiger partial charge in [0, 0.05) is 61.1 Å². The highest BCUT2D eigenvalue weighted by atomic mass is 32.2. The number of carbonyl (C=O) groups is 3. The number of hydrogen-bond acceptors (Lipinski definition) is 6. The van der Waals surface area contributed by atoms with E-state index >= 15 is 0 Å². The molecule has 2 aromatic carbocycles. The fourth-order valence-corrected chi connectivity index (χ4v) is 10.2. The van der Waals surface area contributed by atoms with Crippen LogP contribution >= 0.6 is 11.8 Å². The van der Waals surface area contributed by atoms with E-state index in [1.54, 1.807) is 26.5 Å².